The summed E-state index contributed by atoms with van der Waals surface area (Å²) in [4.78, 5) is 24.3. The molecule has 0 radical (unpaired) electrons. The lowest BCUT2D eigenvalue weighted by atomic mass is 9.87. The predicted molar refractivity (Wildman–Crippen MR) is 112 cm³/mol. The van der Waals surface area contributed by atoms with Gasteiger partial charge in [0.25, 0.3) is 0 Å². The molecule has 3 heterocycles. The number of benzene rings is 2. The lowest BCUT2D eigenvalue weighted by molar-refractivity contribution is -0.122. The molecule has 11 heteroatoms. The fourth-order valence-corrected chi connectivity index (χ4v) is 4.25. The first kappa shape index (κ1) is 18.7. The van der Waals surface area contributed by atoms with Crippen molar-refractivity contribution in [2.24, 2.45) is 10.7 Å². The summed E-state index contributed by atoms with van der Waals surface area (Å²) in [6.45, 7) is 0. The minimum Gasteiger partial charge on any atom is -0.370 e. The highest BCUT2D eigenvalue weighted by Crippen LogP contribution is 2.39. The van der Waals surface area contributed by atoms with Gasteiger partial charge in [0.15, 0.2) is 5.96 Å². The third kappa shape index (κ3) is 3.12. The number of hydrogen-bond donors (Lipinski definition) is 3. The van der Waals surface area contributed by atoms with E-state index >= 15 is 0 Å². The van der Waals surface area contributed by atoms with Crippen LogP contribution in [0.4, 0.5) is 0 Å². The molecule has 4 N–H and O–H groups in total. The van der Waals surface area contributed by atoms with E-state index in [4.69, 9.17) is 33.8 Å². The zero-order chi connectivity index (χ0) is 20.8. The number of amides is 1. The fraction of sp³-hybridized carbons (Fsp3) is 0.158. The molecule has 2 atom stereocenters. The number of guanidine groups is 1. The lowest BCUT2D eigenvalue weighted by Crippen LogP contribution is -2.53. The maximum absolute atomic E-state index is 12.8. The molecule has 1 amide bonds. The van der Waals surface area contributed by atoms with Gasteiger partial charge in [-0.15, -0.1) is 5.10 Å². The van der Waals surface area contributed by atoms with Gasteiger partial charge in [-0.3, -0.25) is 4.79 Å². The van der Waals surface area contributed by atoms with Crippen LogP contribution in [0.25, 0.3) is 11.0 Å². The molecule has 0 fully saturated rings. The number of carbonyl (C=O) groups excluding carboxylic acids is 1. The average Bonchev–Trinajstić information content (AvgIpc) is 3.11. The molecule has 0 saturated carbocycles. The monoisotopic (exact) mass is 443 g/mol. The normalized spacial score (nSPS) is 21.0. The molecule has 2 aliphatic rings. The first-order chi connectivity index (χ1) is 14.5. The zero-order valence-electron chi connectivity index (χ0n) is 15.3. The van der Waals surface area contributed by atoms with E-state index in [1.807, 2.05) is 24.3 Å². The molecule has 9 nitrogen and oxygen atoms in total. The van der Waals surface area contributed by atoms with Gasteiger partial charge in [0.2, 0.25) is 12.1 Å². The van der Waals surface area contributed by atoms with Gasteiger partial charge in [-0.05, 0) is 35.9 Å². The fourth-order valence-electron chi connectivity index (χ4n) is 3.59. The van der Waals surface area contributed by atoms with Crippen molar-refractivity contribution in [1.29, 1.82) is 0 Å². The highest BCUT2D eigenvalue weighted by molar-refractivity contribution is 6.36. The Morgan fingerprint density at radius 2 is 1.90 bits per heavy atom. The van der Waals surface area contributed by atoms with Gasteiger partial charge in [0.1, 0.15) is 16.9 Å². The van der Waals surface area contributed by atoms with Gasteiger partial charge in [-0.25, -0.2) is 0 Å². The molecule has 152 valence electrons. The molecular weight excluding hydrogens is 429 g/mol. The Bertz CT molecular complexity index is 1220. The number of fused-ring (bicyclic) bond motifs is 1. The summed E-state index contributed by atoms with van der Waals surface area (Å²) in [6.07, 6.45) is -0.446. The van der Waals surface area contributed by atoms with Gasteiger partial charge >= 0.3 is 0 Å². The summed E-state index contributed by atoms with van der Waals surface area (Å²) < 4.78 is 0. The van der Waals surface area contributed by atoms with Crippen molar-refractivity contribution >= 4 is 46.1 Å². The van der Waals surface area contributed by atoms with Crippen LogP contribution in [-0.2, 0) is 4.79 Å². The Morgan fingerprint density at radius 3 is 2.70 bits per heavy atom. The standard InChI is InChI=1S/C19H15Cl2N7O2/c20-11-4-3-5-12(21)15(11)9-8-10-16(23-17(9)29)24-19(22)25-18(10)30-28-14-7-2-1-6-13(14)26-27-28/h1-7,9,18H,8H2,(H,23,29)(H3,22,24,25). The Hall–Kier alpha value is -3.30. The molecule has 0 spiro atoms. The number of nitrogens with one attached hydrogen (secondary N) is 2. The molecule has 5 rings (SSSR count). The van der Waals surface area contributed by atoms with E-state index in [9.17, 15) is 4.79 Å². The van der Waals surface area contributed by atoms with Crippen LogP contribution in [0.2, 0.25) is 10.0 Å². The van der Waals surface area contributed by atoms with Crippen LogP contribution < -0.4 is 21.2 Å². The van der Waals surface area contributed by atoms with Crippen LogP contribution in [0.15, 0.2) is 58.9 Å². The SMILES string of the molecule is NC1=NC2=C(CC(c3c(Cl)cccc3Cl)C(=O)N2)C(On2nnc3ccccc32)N1. The first-order valence-corrected chi connectivity index (χ1v) is 9.83. The second-order valence-corrected chi connectivity index (χ2v) is 7.65. The maximum Gasteiger partial charge on any atom is 0.233 e. The summed E-state index contributed by atoms with van der Waals surface area (Å²) in [5, 5.41) is 14.7. The second-order valence-electron chi connectivity index (χ2n) is 6.83. The molecule has 2 unspecified atom stereocenters. The molecule has 2 aliphatic heterocycles. The Morgan fingerprint density at radius 1 is 1.13 bits per heavy atom. The van der Waals surface area contributed by atoms with E-state index < -0.39 is 12.1 Å². The van der Waals surface area contributed by atoms with Crippen molar-refractivity contribution in [3.63, 3.8) is 0 Å². The molecule has 1 aromatic heterocycles. The molecule has 0 saturated heterocycles. The molecule has 0 bridgehead atoms. The van der Waals surface area contributed by atoms with Gasteiger partial charge < -0.3 is 21.2 Å². The third-order valence-corrected chi connectivity index (χ3v) is 5.65. The van der Waals surface area contributed by atoms with Gasteiger partial charge in [-0.1, -0.05) is 46.2 Å². The van der Waals surface area contributed by atoms with E-state index in [1.165, 1.54) is 4.85 Å². The second kappa shape index (κ2) is 7.19. The van der Waals surface area contributed by atoms with Crippen LogP contribution in [0.1, 0.15) is 17.9 Å². The third-order valence-electron chi connectivity index (χ3n) is 4.99. The number of para-hydroxylation sites is 1. The summed E-state index contributed by atoms with van der Waals surface area (Å²) in [5.41, 5.74) is 8.51. The summed E-state index contributed by atoms with van der Waals surface area (Å²) >= 11 is 12.7. The van der Waals surface area contributed by atoms with Crippen LogP contribution in [0, 0.1) is 0 Å². The number of nitrogens with zero attached hydrogens (tertiary/aromatic N) is 4. The van der Waals surface area contributed by atoms with Crippen molar-refractivity contribution in [2.75, 3.05) is 0 Å². The van der Waals surface area contributed by atoms with Gasteiger partial charge in [-0.2, -0.15) is 4.99 Å². The summed E-state index contributed by atoms with van der Waals surface area (Å²) in [7, 11) is 0. The Kier molecular flexibility index (Phi) is 4.48. The van der Waals surface area contributed by atoms with E-state index in [2.05, 4.69) is 25.9 Å². The lowest BCUT2D eigenvalue weighted by Gasteiger charge is -2.33. The number of aromatic nitrogens is 3. The van der Waals surface area contributed by atoms with E-state index in [0.29, 0.717) is 38.0 Å². The largest absolute Gasteiger partial charge is 0.370 e. The predicted octanol–water partition coefficient (Wildman–Crippen LogP) is 1.93. The molecular formula is C19H15Cl2N7O2. The van der Waals surface area contributed by atoms with Crippen molar-refractivity contribution in [3.05, 3.63) is 69.5 Å². The number of rotatable bonds is 3. The van der Waals surface area contributed by atoms with Gasteiger partial charge in [0, 0.05) is 21.2 Å². The quantitative estimate of drug-likeness (QED) is 0.568. The molecule has 0 aliphatic carbocycles. The number of aliphatic imine (C=N–C) groups is 1. The highest BCUT2D eigenvalue weighted by Gasteiger charge is 2.38. The molecule has 2 aromatic carbocycles. The van der Waals surface area contributed by atoms with Crippen LogP contribution in [-0.4, -0.2) is 33.3 Å². The van der Waals surface area contributed by atoms with E-state index in [1.54, 1.807) is 18.2 Å². The van der Waals surface area contributed by atoms with Crippen LogP contribution in [0.3, 0.4) is 0 Å². The average molecular weight is 444 g/mol. The van der Waals surface area contributed by atoms with Crippen LogP contribution >= 0.6 is 23.2 Å². The van der Waals surface area contributed by atoms with Crippen molar-refractivity contribution in [2.45, 2.75) is 18.6 Å². The molecule has 30 heavy (non-hydrogen) atoms. The zero-order valence-corrected chi connectivity index (χ0v) is 16.9. The number of carbonyl (C=O) groups is 1. The number of hydrogen-bond acceptors (Lipinski definition) is 7. The van der Waals surface area contributed by atoms with Crippen molar-refractivity contribution < 1.29 is 9.63 Å². The van der Waals surface area contributed by atoms with E-state index in [0.717, 1.165) is 0 Å². The Balaban J connectivity index is 1.52. The topological polar surface area (TPSA) is 119 Å². The maximum atomic E-state index is 12.8. The highest BCUT2D eigenvalue weighted by atomic mass is 35.5. The van der Waals surface area contributed by atoms with Crippen molar-refractivity contribution in [3.8, 4) is 0 Å². The molecule has 3 aromatic rings. The van der Waals surface area contributed by atoms with Crippen molar-refractivity contribution in [1.82, 2.24) is 25.8 Å². The minimum atomic E-state index is -0.730. The first-order valence-electron chi connectivity index (χ1n) is 9.07. The number of halogens is 2. The summed E-state index contributed by atoms with van der Waals surface area (Å²) in [5.74, 6) is -0.435. The van der Waals surface area contributed by atoms with Crippen LogP contribution in [0.5, 0.6) is 0 Å². The van der Waals surface area contributed by atoms with E-state index in [-0.39, 0.29) is 18.3 Å². The minimum absolute atomic E-state index is 0.109. The van der Waals surface area contributed by atoms with Gasteiger partial charge in [0.05, 0.1) is 5.92 Å². The smallest absolute Gasteiger partial charge is 0.233 e. The Labute approximate surface area is 180 Å². The number of nitrogens with two attached hydrogens (primary N) is 1. The summed E-state index contributed by atoms with van der Waals surface area (Å²) in [6, 6.07) is 12.5.